The number of hydrogen-bond donors (Lipinski definition) is 1. The topological polar surface area (TPSA) is 69.0 Å². The Morgan fingerprint density at radius 3 is 2.42 bits per heavy atom. The summed E-state index contributed by atoms with van der Waals surface area (Å²) in [6.07, 6.45) is 0. The molecule has 6 nitrogen and oxygen atoms in total. The van der Waals surface area contributed by atoms with Crippen LogP contribution in [0.5, 0.6) is 5.75 Å². The van der Waals surface area contributed by atoms with Gasteiger partial charge < -0.3 is 10.1 Å². The molecule has 0 fully saturated rings. The van der Waals surface area contributed by atoms with Crippen LogP contribution in [0.2, 0.25) is 15.1 Å². The smallest absolute Gasteiger partial charge is 0.234 e. The summed E-state index contributed by atoms with van der Waals surface area (Å²) < 4.78 is 7.42. The summed E-state index contributed by atoms with van der Waals surface area (Å²) in [7, 11) is 1.60. The molecule has 0 spiro atoms. The summed E-state index contributed by atoms with van der Waals surface area (Å²) in [5, 5.41) is 12.9. The standard InChI is InChI=1S/C23H17Cl3N4O2S/c1-32-20-10-6-5-9-19(20)30-22(14-7-3-2-4-8-14)28-29-23(30)33-13-21(31)27-18-12-16(25)15(24)11-17(18)26/h2-12H,13H2,1H3,(H,27,31). The Kier molecular flexibility index (Phi) is 7.45. The number of nitrogens with one attached hydrogen (secondary N) is 1. The third-order valence-corrected chi connectivity index (χ3v) is 6.57. The van der Waals surface area contributed by atoms with Gasteiger partial charge in [-0.05, 0) is 24.3 Å². The van der Waals surface area contributed by atoms with Crippen molar-refractivity contribution in [2.24, 2.45) is 0 Å². The van der Waals surface area contributed by atoms with Crippen LogP contribution in [-0.2, 0) is 4.79 Å². The Labute approximate surface area is 209 Å². The number of benzene rings is 3. The molecule has 0 aliphatic rings. The monoisotopic (exact) mass is 518 g/mol. The van der Waals surface area contributed by atoms with Crippen molar-refractivity contribution >= 4 is 58.2 Å². The highest BCUT2D eigenvalue weighted by molar-refractivity contribution is 7.99. The molecular formula is C23H17Cl3N4O2S. The Balaban J connectivity index is 1.62. The number of para-hydroxylation sites is 2. The second-order valence-corrected chi connectivity index (χ2v) is 8.93. The Bertz CT molecular complexity index is 1300. The van der Waals surface area contributed by atoms with Crippen molar-refractivity contribution in [3.8, 4) is 22.8 Å². The number of aromatic nitrogens is 3. The predicted molar refractivity (Wildman–Crippen MR) is 134 cm³/mol. The van der Waals surface area contributed by atoms with Crippen molar-refractivity contribution < 1.29 is 9.53 Å². The fraction of sp³-hybridized carbons (Fsp3) is 0.0870. The van der Waals surface area contributed by atoms with Crippen LogP contribution in [0, 0.1) is 0 Å². The van der Waals surface area contributed by atoms with Gasteiger partial charge in [0.25, 0.3) is 0 Å². The van der Waals surface area contributed by atoms with Crippen molar-refractivity contribution in [3.05, 3.63) is 81.8 Å². The Hall–Kier alpha value is -2.71. The van der Waals surface area contributed by atoms with Gasteiger partial charge in [0.15, 0.2) is 11.0 Å². The van der Waals surface area contributed by atoms with E-state index in [0.29, 0.717) is 37.5 Å². The summed E-state index contributed by atoms with van der Waals surface area (Å²) in [6.45, 7) is 0. The van der Waals surface area contributed by atoms with E-state index < -0.39 is 0 Å². The lowest BCUT2D eigenvalue weighted by molar-refractivity contribution is -0.113. The van der Waals surface area contributed by atoms with Gasteiger partial charge in [-0.25, -0.2) is 0 Å². The molecule has 0 bridgehead atoms. The van der Waals surface area contributed by atoms with Gasteiger partial charge in [-0.3, -0.25) is 9.36 Å². The van der Waals surface area contributed by atoms with Gasteiger partial charge in [0.05, 0.1) is 39.3 Å². The van der Waals surface area contributed by atoms with E-state index in [2.05, 4.69) is 15.5 Å². The second kappa shape index (κ2) is 10.5. The number of ether oxygens (including phenoxy) is 1. The van der Waals surface area contributed by atoms with Crippen LogP contribution in [0.1, 0.15) is 0 Å². The molecule has 1 heterocycles. The van der Waals surface area contributed by atoms with Crippen LogP contribution in [0.25, 0.3) is 17.1 Å². The van der Waals surface area contributed by atoms with E-state index in [1.54, 1.807) is 7.11 Å². The third-order valence-electron chi connectivity index (χ3n) is 4.61. The van der Waals surface area contributed by atoms with Crippen molar-refractivity contribution in [2.75, 3.05) is 18.2 Å². The molecule has 0 atom stereocenters. The minimum atomic E-state index is -0.281. The molecule has 3 aromatic carbocycles. The number of thioether (sulfide) groups is 1. The molecule has 1 amide bonds. The minimum Gasteiger partial charge on any atom is -0.495 e. The maximum atomic E-state index is 12.6. The van der Waals surface area contributed by atoms with E-state index in [1.807, 2.05) is 59.2 Å². The van der Waals surface area contributed by atoms with Crippen LogP contribution >= 0.6 is 46.6 Å². The van der Waals surface area contributed by atoms with Gasteiger partial charge in [0, 0.05) is 5.56 Å². The van der Waals surface area contributed by atoms with Crippen molar-refractivity contribution in [2.45, 2.75) is 5.16 Å². The molecular weight excluding hydrogens is 503 g/mol. The highest BCUT2D eigenvalue weighted by Crippen LogP contribution is 2.34. The van der Waals surface area contributed by atoms with Gasteiger partial charge in [0.2, 0.25) is 5.91 Å². The second-order valence-electron chi connectivity index (χ2n) is 6.76. The summed E-state index contributed by atoms with van der Waals surface area (Å²) >= 11 is 19.4. The Morgan fingerprint density at radius 1 is 0.970 bits per heavy atom. The van der Waals surface area contributed by atoms with E-state index in [-0.39, 0.29) is 11.7 Å². The van der Waals surface area contributed by atoms with Crippen LogP contribution in [0.15, 0.2) is 71.9 Å². The lowest BCUT2D eigenvalue weighted by atomic mass is 10.2. The van der Waals surface area contributed by atoms with Gasteiger partial charge in [-0.2, -0.15) is 0 Å². The molecule has 0 saturated carbocycles. The molecule has 0 unspecified atom stereocenters. The molecule has 1 N–H and O–H groups in total. The highest BCUT2D eigenvalue weighted by atomic mass is 35.5. The fourth-order valence-electron chi connectivity index (χ4n) is 3.10. The Morgan fingerprint density at radius 2 is 1.67 bits per heavy atom. The first-order chi connectivity index (χ1) is 16.0. The molecule has 4 aromatic rings. The van der Waals surface area contributed by atoms with Gasteiger partial charge >= 0.3 is 0 Å². The first-order valence-electron chi connectivity index (χ1n) is 9.69. The van der Waals surface area contributed by atoms with E-state index in [9.17, 15) is 4.79 Å². The number of amides is 1. The summed E-state index contributed by atoms with van der Waals surface area (Å²) in [5.41, 5.74) is 2.03. The lowest BCUT2D eigenvalue weighted by Gasteiger charge is -2.14. The molecule has 10 heteroatoms. The van der Waals surface area contributed by atoms with Gasteiger partial charge in [-0.15, -0.1) is 10.2 Å². The molecule has 0 aliphatic heterocycles. The average Bonchev–Trinajstić information content (AvgIpc) is 3.25. The fourth-order valence-corrected chi connectivity index (χ4v) is 4.44. The first kappa shape index (κ1) is 23.4. The zero-order valence-electron chi connectivity index (χ0n) is 17.3. The predicted octanol–water partition coefficient (Wildman–Crippen LogP) is 6.63. The van der Waals surface area contributed by atoms with E-state index in [1.165, 1.54) is 23.9 Å². The highest BCUT2D eigenvalue weighted by Gasteiger charge is 2.20. The van der Waals surface area contributed by atoms with Crippen LogP contribution < -0.4 is 10.1 Å². The first-order valence-corrected chi connectivity index (χ1v) is 11.8. The zero-order chi connectivity index (χ0) is 23.4. The number of carbonyl (C=O) groups excluding carboxylic acids is 1. The molecule has 0 saturated heterocycles. The SMILES string of the molecule is COc1ccccc1-n1c(SCC(=O)Nc2cc(Cl)c(Cl)cc2Cl)nnc1-c1ccccc1. The number of nitrogens with zero attached hydrogens (tertiary/aromatic N) is 3. The number of methoxy groups -OCH3 is 1. The molecule has 33 heavy (non-hydrogen) atoms. The largest absolute Gasteiger partial charge is 0.495 e. The van der Waals surface area contributed by atoms with Crippen molar-refractivity contribution in [1.82, 2.24) is 14.8 Å². The van der Waals surface area contributed by atoms with E-state index >= 15 is 0 Å². The summed E-state index contributed by atoms with van der Waals surface area (Å²) in [5.74, 6) is 1.08. The number of anilines is 1. The van der Waals surface area contributed by atoms with Crippen LogP contribution in [-0.4, -0.2) is 33.5 Å². The maximum Gasteiger partial charge on any atom is 0.234 e. The molecule has 1 aromatic heterocycles. The zero-order valence-corrected chi connectivity index (χ0v) is 20.3. The van der Waals surface area contributed by atoms with Gasteiger partial charge in [-0.1, -0.05) is 89.0 Å². The molecule has 0 radical (unpaired) electrons. The maximum absolute atomic E-state index is 12.6. The normalized spacial score (nSPS) is 10.8. The number of carbonyl (C=O) groups is 1. The molecule has 168 valence electrons. The summed E-state index contributed by atoms with van der Waals surface area (Å²) in [4.78, 5) is 12.6. The quantitative estimate of drug-likeness (QED) is 0.219. The van der Waals surface area contributed by atoms with Crippen molar-refractivity contribution in [3.63, 3.8) is 0 Å². The lowest BCUT2D eigenvalue weighted by Crippen LogP contribution is -2.15. The van der Waals surface area contributed by atoms with Gasteiger partial charge in [0.1, 0.15) is 5.75 Å². The third kappa shape index (κ3) is 5.28. The van der Waals surface area contributed by atoms with E-state index in [0.717, 1.165) is 11.3 Å². The average molecular weight is 520 g/mol. The van der Waals surface area contributed by atoms with Crippen LogP contribution in [0.4, 0.5) is 5.69 Å². The molecule has 4 rings (SSSR count). The van der Waals surface area contributed by atoms with E-state index in [4.69, 9.17) is 39.5 Å². The van der Waals surface area contributed by atoms with Crippen LogP contribution in [0.3, 0.4) is 0 Å². The molecule has 0 aliphatic carbocycles. The number of hydrogen-bond acceptors (Lipinski definition) is 5. The number of rotatable bonds is 7. The number of halogens is 3. The minimum absolute atomic E-state index is 0.0681. The van der Waals surface area contributed by atoms with Crippen molar-refractivity contribution in [1.29, 1.82) is 0 Å². The summed E-state index contributed by atoms with van der Waals surface area (Å²) in [6, 6.07) is 20.2.